The SMILES string of the molecule is CCCCC/C=C/C/C=C/C/C=C\C/C=C/CCCC(=O)O. The number of rotatable bonds is 14. The zero-order valence-electron chi connectivity index (χ0n) is 14.0. The highest BCUT2D eigenvalue weighted by Gasteiger charge is 1.92. The van der Waals surface area contributed by atoms with E-state index in [0.29, 0.717) is 0 Å². The Labute approximate surface area is 136 Å². The highest BCUT2D eigenvalue weighted by atomic mass is 16.4. The van der Waals surface area contributed by atoms with Gasteiger partial charge in [0.2, 0.25) is 0 Å². The first-order chi connectivity index (χ1) is 10.8. The Bertz CT molecular complexity index is 362. The third-order valence-electron chi connectivity index (χ3n) is 3.22. The molecule has 0 aliphatic heterocycles. The maximum Gasteiger partial charge on any atom is 0.303 e. The summed E-state index contributed by atoms with van der Waals surface area (Å²) < 4.78 is 0. The van der Waals surface area contributed by atoms with Crippen LogP contribution in [0.2, 0.25) is 0 Å². The zero-order chi connectivity index (χ0) is 16.3. The van der Waals surface area contributed by atoms with Crippen molar-refractivity contribution >= 4 is 5.97 Å². The summed E-state index contributed by atoms with van der Waals surface area (Å²) in [4.78, 5) is 10.3. The lowest BCUT2D eigenvalue weighted by Gasteiger charge is -1.90. The van der Waals surface area contributed by atoms with Gasteiger partial charge in [-0.25, -0.2) is 0 Å². The third-order valence-corrected chi connectivity index (χ3v) is 3.22. The van der Waals surface area contributed by atoms with E-state index in [1.807, 2.05) is 0 Å². The summed E-state index contributed by atoms with van der Waals surface area (Å²) in [5.41, 5.74) is 0. The van der Waals surface area contributed by atoms with E-state index in [9.17, 15) is 4.79 Å². The van der Waals surface area contributed by atoms with Crippen LogP contribution < -0.4 is 0 Å². The monoisotopic (exact) mass is 304 g/mol. The minimum Gasteiger partial charge on any atom is -0.481 e. The summed E-state index contributed by atoms with van der Waals surface area (Å²) in [5.74, 6) is -0.712. The van der Waals surface area contributed by atoms with Crippen LogP contribution in [0.25, 0.3) is 0 Å². The second-order valence-corrected chi connectivity index (χ2v) is 5.37. The van der Waals surface area contributed by atoms with E-state index >= 15 is 0 Å². The van der Waals surface area contributed by atoms with Crippen LogP contribution in [-0.2, 0) is 4.79 Å². The van der Waals surface area contributed by atoms with Gasteiger partial charge in [0, 0.05) is 6.42 Å². The molecule has 0 unspecified atom stereocenters. The van der Waals surface area contributed by atoms with Gasteiger partial charge in [0.1, 0.15) is 0 Å². The molecule has 0 amide bonds. The second kappa shape index (κ2) is 17.5. The van der Waals surface area contributed by atoms with Gasteiger partial charge in [-0.3, -0.25) is 4.79 Å². The molecule has 0 rings (SSSR count). The molecule has 0 saturated heterocycles. The van der Waals surface area contributed by atoms with Crippen molar-refractivity contribution in [3.05, 3.63) is 48.6 Å². The van der Waals surface area contributed by atoms with Gasteiger partial charge in [-0.2, -0.15) is 0 Å². The first-order valence-electron chi connectivity index (χ1n) is 8.59. The topological polar surface area (TPSA) is 37.3 Å². The molecule has 22 heavy (non-hydrogen) atoms. The van der Waals surface area contributed by atoms with Crippen molar-refractivity contribution in [1.29, 1.82) is 0 Å². The zero-order valence-corrected chi connectivity index (χ0v) is 14.0. The van der Waals surface area contributed by atoms with E-state index in [4.69, 9.17) is 5.11 Å². The number of hydrogen-bond donors (Lipinski definition) is 1. The number of allylic oxidation sites excluding steroid dienone is 8. The molecular formula is C20H32O2. The van der Waals surface area contributed by atoms with E-state index < -0.39 is 5.97 Å². The van der Waals surface area contributed by atoms with E-state index in [0.717, 1.165) is 32.1 Å². The van der Waals surface area contributed by atoms with Crippen LogP contribution in [0, 0.1) is 0 Å². The van der Waals surface area contributed by atoms with Crippen LogP contribution in [0.3, 0.4) is 0 Å². The smallest absolute Gasteiger partial charge is 0.303 e. The van der Waals surface area contributed by atoms with Crippen molar-refractivity contribution in [2.45, 2.75) is 71.1 Å². The van der Waals surface area contributed by atoms with E-state index in [-0.39, 0.29) is 6.42 Å². The molecule has 1 N–H and O–H groups in total. The quantitative estimate of drug-likeness (QED) is 0.305. The first-order valence-corrected chi connectivity index (χ1v) is 8.59. The first kappa shape index (κ1) is 20.4. The van der Waals surface area contributed by atoms with Crippen LogP contribution in [0.5, 0.6) is 0 Å². The molecule has 124 valence electrons. The lowest BCUT2D eigenvalue weighted by molar-refractivity contribution is -0.137. The van der Waals surface area contributed by atoms with Crippen molar-refractivity contribution in [2.24, 2.45) is 0 Å². The Balaban J connectivity index is 3.40. The van der Waals surface area contributed by atoms with Gasteiger partial charge in [0.25, 0.3) is 0 Å². The van der Waals surface area contributed by atoms with Crippen LogP contribution in [0.15, 0.2) is 48.6 Å². The number of carboxylic acid groups (broad SMARTS) is 1. The van der Waals surface area contributed by atoms with Crippen LogP contribution in [0.1, 0.15) is 71.1 Å². The molecule has 0 fully saturated rings. The molecule has 0 spiro atoms. The van der Waals surface area contributed by atoms with Gasteiger partial charge in [-0.1, -0.05) is 68.4 Å². The number of unbranched alkanes of at least 4 members (excludes halogenated alkanes) is 4. The minimum absolute atomic E-state index is 0.262. The summed E-state index contributed by atoms with van der Waals surface area (Å²) >= 11 is 0. The summed E-state index contributed by atoms with van der Waals surface area (Å²) in [6, 6.07) is 0. The highest BCUT2D eigenvalue weighted by Crippen LogP contribution is 2.01. The Kier molecular flexibility index (Phi) is 16.2. The molecule has 0 atom stereocenters. The average Bonchev–Trinajstić information content (AvgIpc) is 2.50. The standard InChI is InChI=1S/C20H32O2/c1-2-3-4-5-6-7-8-9-10-11-12-13-14-15-16-17-18-19-20(21)22/h6-7,9-10,12-13,15-16H,2-5,8,11,14,17-19H2,1H3,(H,21,22)/b7-6+,10-9+,13-12-,16-15+. The number of hydrogen-bond acceptors (Lipinski definition) is 1. The molecule has 0 aliphatic carbocycles. The fraction of sp³-hybridized carbons (Fsp3) is 0.550. The molecule has 0 heterocycles. The second-order valence-electron chi connectivity index (χ2n) is 5.37. The Hall–Kier alpha value is -1.57. The summed E-state index contributed by atoms with van der Waals surface area (Å²) in [6.45, 7) is 2.23. The van der Waals surface area contributed by atoms with Gasteiger partial charge in [0.15, 0.2) is 0 Å². The Morgan fingerprint density at radius 2 is 1.18 bits per heavy atom. The molecule has 2 nitrogen and oxygen atoms in total. The normalized spacial score (nSPS) is 12.4. The Morgan fingerprint density at radius 3 is 1.64 bits per heavy atom. The van der Waals surface area contributed by atoms with Crippen LogP contribution >= 0.6 is 0 Å². The number of carboxylic acids is 1. The minimum atomic E-state index is -0.712. The largest absolute Gasteiger partial charge is 0.481 e. The van der Waals surface area contributed by atoms with E-state index in [1.54, 1.807) is 0 Å². The molecule has 0 aromatic rings. The maximum atomic E-state index is 10.3. The molecule has 0 radical (unpaired) electrons. The summed E-state index contributed by atoms with van der Waals surface area (Å²) in [7, 11) is 0. The molecule has 0 aliphatic rings. The van der Waals surface area contributed by atoms with Gasteiger partial charge in [0.05, 0.1) is 0 Å². The average molecular weight is 304 g/mol. The molecular weight excluding hydrogens is 272 g/mol. The molecule has 0 saturated carbocycles. The highest BCUT2D eigenvalue weighted by molar-refractivity contribution is 5.66. The van der Waals surface area contributed by atoms with Crippen molar-refractivity contribution in [2.75, 3.05) is 0 Å². The van der Waals surface area contributed by atoms with Crippen molar-refractivity contribution in [3.8, 4) is 0 Å². The third kappa shape index (κ3) is 18.4. The van der Waals surface area contributed by atoms with Gasteiger partial charge in [-0.15, -0.1) is 0 Å². The lowest BCUT2D eigenvalue weighted by Crippen LogP contribution is -1.92. The van der Waals surface area contributed by atoms with Crippen molar-refractivity contribution < 1.29 is 9.90 Å². The van der Waals surface area contributed by atoms with Crippen LogP contribution in [0.4, 0.5) is 0 Å². The predicted octanol–water partition coefficient (Wildman–Crippen LogP) is 6.22. The molecule has 2 heteroatoms. The van der Waals surface area contributed by atoms with E-state index in [1.165, 1.54) is 25.7 Å². The van der Waals surface area contributed by atoms with Gasteiger partial charge >= 0.3 is 5.97 Å². The maximum absolute atomic E-state index is 10.3. The Morgan fingerprint density at radius 1 is 0.727 bits per heavy atom. The molecule has 0 aromatic carbocycles. The fourth-order valence-electron chi connectivity index (χ4n) is 1.93. The lowest BCUT2D eigenvalue weighted by atomic mass is 10.2. The van der Waals surface area contributed by atoms with Gasteiger partial charge in [-0.05, 0) is 44.9 Å². The fourth-order valence-corrected chi connectivity index (χ4v) is 1.93. The summed E-state index contributed by atoms with van der Waals surface area (Å²) in [5, 5.41) is 8.49. The van der Waals surface area contributed by atoms with Crippen molar-refractivity contribution in [1.82, 2.24) is 0 Å². The molecule has 0 aromatic heterocycles. The molecule has 0 bridgehead atoms. The van der Waals surface area contributed by atoms with Gasteiger partial charge < -0.3 is 5.11 Å². The predicted molar refractivity (Wildman–Crippen MR) is 96.0 cm³/mol. The van der Waals surface area contributed by atoms with E-state index in [2.05, 4.69) is 55.5 Å². The van der Waals surface area contributed by atoms with Crippen molar-refractivity contribution in [3.63, 3.8) is 0 Å². The number of aliphatic carboxylic acids is 1. The van der Waals surface area contributed by atoms with Crippen LogP contribution in [-0.4, -0.2) is 11.1 Å². The summed E-state index contributed by atoms with van der Waals surface area (Å²) in [6.07, 6.45) is 27.3. The number of carbonyl (C=O) groups is 1.